The van der Waals surface area contributed by atoms with E-state index in [2.05, 4.69) is 18.8 Å². The van der Waals surface area contributed by atoms with E-state index in [9.17, 15) is 9.90 Å². The summed E-state index contributed by atoms with van der Waals surface area (Å²) in [6, 6.07) is 11.6. The van der Waals surface area contributed by atoms with Crippen molar-refractivity contribution in [1.29, 1.82) is 0 Å². The number of rotatable bonds is 3. The zero-order valence-corrected chi connectivity index (χ0v) is 13.6. The number of carbonyl (C=O) groups is 1. The number of thiophene rings is 1. The summed E-state index contributed by atoms with van der Waals surface area (Å²) in [6.45, 7) is 6.22. The minimum absolute atomic E-state index is 0.313. The fraction of sp³-hybridized carbons (Fsp3) is 0.222. The molecule has 0 aliphatic carbocycles. The van der Waals surface area contributed by atoms with E-state index in [0.29, 0.717) is 16.9 Å². The molecule has 3 rings (SSSR count). The lowest BCUT2D eigenvalue weighted by Crippen LogP contribution is -2.01. The number of aromatic carboxylic acids is 1. The molecule has 1 aromatic carbocycles. The van der Waals surface area contributed by atoms with Gasteiger partial charge in [-0.25, -0.2) is 9.78 Å². The monoisotopic (exact) mass is 311 g/mol. The number of fused-ring (bicyclic) bond motifs is 1. The number of hydrogen-bond donors (Lipinski definition) is 1. The SMILES string of the molecule is Cc1ccc(-c2cc(C(=O)O)c3cc(C(C)C)ccc3n2)s1. The van der Waals surface area contributed by atoms with Crippen molar-refractivity contribution < 1.29 is 9.90 Å². The summed E-state index contributed by atoms with van der Waals surface area (Å²) in [7, 11) is 0. The first-order valence-corrected chi connectivity index (χ1v) is 8.02. The van der Waals surface area contributed by atoms with Gasteiger partial charge in [0.15, 0.2) is 0 Å². The molecule has 0 fully saturated rings. The fourth-order valence-corrected chi connectivity index (χ4v) is 3.31. The highest BCUT2D eigenvalue weighted by Gasteiger charge is 2.15. The molecule has 0 saturated carbocycles. The molecule has 0 aliphatic heterocycles. The lowest BCUT2D eigenvalue weighted by Gasteiger charge is -2.10. The Balaban J connectivity index is 2.27. The third kappa shape index (κ3) is 2.62. The van der Waals surface area contributed by atoms with Crippen molar-refractivity contribution >= 4 is 28.2 Å². The molecule has 1 N–H and O–H groups in total. The molecule has 22 heavy (non-hydrogen) atoms. The molecule has 4 heteroatoms. The molecule has 0 saturated heterocycles. The maximum atomic E-state index is 11.7. The molecule has 112 valence electrons. The molecule has 2 heterocycles. The average molecular weight is 311 g/mol. The third-order valence-corrected chi connectivity index (χ3v) is 4.75. The predicted molar refractivity (Wildman–Crippen MR) is 90.8 cm³/mol. The first-order valence-electron chi connectivity index (χ1n) is 7.20. The zero-order chi connectivity index (χ0) is 15.9. The van der Waals surface area contributed by atoms with Crippen LogP contribution >= 0.6 is 11.3 Å². The van der Waals surface area contributed by atoms with E-state index in [-0.39, 0.29) is 0 Å². The smallest absolute Gasteiger partial charge is 0.336 e. The lowest BCUT2D eigenvalue weighted by molar-refractivity contribution is 0.0699. The lowest BCUT2D eigenvalue weighted by atomic mass is 9.98. The van der Waals surface area contributed by atoms with Crippen molar-refractivity contribution in [3.05, 3.63) is 52.4 Å². The van der Waals surface area contributed by atoms with Gasteiger partial charge in [-0.2, -0.15) is 0 Å². The van der Waals surface area contributed by atoms with Gasteiger partial charge in [-0.3, -0.25) is 0 Å². The topological polar surface area (TPSA) is 50.2 Å². The second kappa shape index (κ2) is 5.54. The second-order valence-electron chi connectivity index (χ2n) is 5.70. The van der Waals surface area contributed by atoms with E-state index in [4.69, 9.17) is 0 Å². The number of benzene rings is 1. The van der Waals surface area contributed by atoms with Crippen LogP contribution in [0.25, 0.3) is 21.5 Å². The number of carboxylic acid groups (broad SMARTS) is 1. The number of aryl methyl sites for hydroxylation is 1. The summed E-state index contributed by atoms with van der Waals surface area (Å²) in [5.41, 5.74) is 2.88. The largest absolute Gasteiger partial charge is 0.478 e. The van der Waals surface area contributed by atoms with Crippen molar-refractivity contribution in [2.75, 3.05) is 0 Å². The van der Waals surface area contributed by atoms with E-state index in [1.54, 1.807) is 17.4 Å². The number of nitrogens with zero attached hydrogens (tertiary/aromatic N) is 1. The molecule has 0 aliphatic rings. The quantitative estimate of drug-likeness (QED) is 0.732. The van der Waals surface area contributed by atoms with Crippen LogP contribution in [0.15, 0.2) is 36.4 Å². The normalized spacial score (nSPS) is 11.3. The number of hydrogen-bond acceptors (Lipinski definition) is 3. The van der Waals surface area contributed by atoms with Gasteiger partial charge in [0.25, 0.3) is 0 Å². The summed E-state index contributed by atoms with van der Waals surface area (Å²) in [6.07, 6.45) is 0. The average Bonchev–Trinajstić information content (AvgIpc) is 2.91. The first-order chi connectivity index (χ1) is 10.5. The van der Waals surface area contributed by atoms with Crippen LogP contribution < -0.4 is 0 Å². The Labute approximate surface area is 133 Å². The van der Waals surface area contributed by atoms with Gasteiger partial charge in [0.2, 0.25) is 0 Å². The Morgan fingerprint density at radius 1 is 1.18 bits per heavy atom. The molecular formula is C18H17NO2S. The Morgan fingerprint density at radius 3 is 2.55 bits per heavy atom. The van der Waals surface area contributed by atoms with E-state index >= 15 is 0 Å². The Kier molecular flexibility index (Phi) is 3.71. The Morgan fingerprint density at radius 2 is 1.95 bits per heavy atom. The van der Waals surface area contributed by atoms with E-state index in [0.717, 1.165) is 21.7 Å². The van der Waals surface area contributed by atoms with Crippen LogP contribution in [0.2, 0.25) is 0 Å². The van der Waals surface area contributed by atoms with Gasteiger partial charge in [-0.1, -0.05) is 19.9 Å². The third-order valence-electron chi connectivity index (χ3n) is 3.72. The molecule has 2 aromatic heterocycles. The predicted octanol–water partition coefficient (Wildman–Crippen LogP) is 5.09. The standard InChI is InChI=1S/C18H17NO2S/c1-10(2)12-5-6-15-13(8-12)14(18(20)21)9-16(19-15)17-7-4-11(3)22-17/h4-10H,1-3H3,(H,20,21). The van der Waals surface area contributed by atoms with Gasteiger partial charge in [-0.15, -0.1) is 11.3 Å². The van der Waals surface area contributed by atoms with Gasteiger partial charge in [0, 0.05) is 10.3 Å². The molecule has 0 bridgehead atoms. The van der Waals surface area contributed by atoms with Crippen LogP contribution in [-0.4, -0.2) is 16.1 Å². The van der Waals surface area contributed by atoms with Crippen LogP contribution in [0.4, 0.5) is 0 Å². The van der Waals surface area contributed by atoms with E-state index in [1.807, 2.05) is 37.3 Å². The van der Waals surface area contributed by atoms with Gasteiger partial charge in [0.05, 0.1) is 21.7 Å². The fourth-order valence-electron chi connectivity index (χ4n) is 2.48. The first kappa shape index (κ1) is 14.7. The molecule has 0 spiro atoms. The number of carboxylic acids is 1. The maximum Gasteiger partial charge on any atom is 0.336 e. The molecule has 0 unspecified atom stereocenters. The van der Waals surface area contributed by atoms with E-state index in [1.165, 1.54) is 4.88 Å². The van der Waals surface area contributed by atoms with Crippen molar-refractivity contribution in [3.63, 3.8) is 0 Å². The van der Waals surface area contributed by atoms with Crippen molar-refractivity contribution in [1.82, 2.24) is 4.98 Å². The van der Waals surface area contributed by atoms with Crippen molar-refractivity contribution in [2.24, 2.45) is 0 Å². The van der Waals surface area contributed by atoms with Gasteiger partial charge in [-0.05, 0) is 48.7 Å². The Hall–Kier alpha value is -2.20. The zero-order valence-electron chi connectivity index (χ0n) is 12.8. The maximum absolute atomic E-state index is 11.7. The summed E-state index contributed by atoms with van der Waals surface area (Å²) in [5, 5.41) is 10.3. The highest BCUT2D eigenvalue weighted by Crippen LogP contribution is 2.31. The highest BCUT2D eigenvalue weighted by molar-refractivity contribution is 7.15. The van der Waals surface area contributed by atoms with Crippen LogP contribution in [-0.2, 0) is 0 Å². The second-order valence-corrected chi connectivity index (χ2v) is 6.99. The molecule has 0 radical (unpaired) electrons. The number of aromatic nitrogens is 1. The van der Waals surface area contributed by atoms with Crippen LogP contribution in [0, 0.1) is 6.92 Å². The number of pyridine rings is 1. The van der Waals surface area contributed by atoms with Crippen molar-refractivity contribution in [2.45, 2.75) is 26.7 Å². The Bertz CT molecular complexity index is 865. The molecular weight excluding hydrogens is 294 g/mol. The molecule has 3 nitrogen and oxygen atoms in total. The summed E-state index contributed by atoms with van der Waals surface area (Å²) in [5.74, 6) is -0.562. The minimum atomic E-state index is -0.914. The summed E-state index contributed by atoms with van der Waals surface area (Å²) < 4.78 is 0. The summed E-state index contributed by atoms with van der Waals surface area (Å²) in [4.78, 5) is 18.5. The van der Waals surface area contributed by atoms with Gasteiger partial charge < -0.3 is 5.11 Å². The van der Waals surface area contributed by atoms with Gasteiger partial charge in [0.1, 0.15) is 0 Å². The molecule has 0 atom stereocenters. The van der Waals surface area contributed by atoms with Crippen LogP contribution in [0.1, 0.15) is 40.6 Å². The molecule has 3 aromatic rings. The van der Waals surface area contributed by atoms with Crippen molar-refractivity contribution in [3.8, 4) is 10.6 Å². The van der Waals surface area contributed by atoms with Crippen LogP contribution in [0.3, 0.4) is 0 Å². The molecule has 0 amide bonds. The van der Waals surface area contributed by atoms with E-state index < -0.39 is 5.97 Å². The minimum Gasteiger partial charge on any atom is -0.478 e. The highest BCUT2D eigenvalue weighted by atomic mass is 32.1. The van der Waals surface area contributed by atoms with Crippen LogP contribution in [0.5, 0.6) is 0 Å². The summed E-state index contributed by atoms with van der Waals surface area (Å²) >= 11 is 1.62. The van der Waals surface area contributed by atoms with Gasteiger partial charge >= 0.3 is 5.97 Å².